The summed E-state index contributed by atoms with van der Waals surface area (Å²) in [6, 6.07) is 7.87. The van der Waals surface area contributed by atoms with Gasteiger partial charge >= 0.3 is 5.97 Å². The normalized spacial score (nSPS) is 12.4. The number of unbranched alkanes of at least 4 members (excludes halogenated alkanes) is 1. The highest BCUT2D eigenvalue weighted by atomic mass is 32.2. The molecule has 1 atom stereocenters. The predicted octanol–water partition coefficient (Wildman–Crippen LogP) is 3.25. The predicted molar refractivity (Wildman–Crippen MR) is 96.0 cm³/mol. The van der Waals surface area contributed by atoms with Crippen molar-refractivity contribution in [3.05, 3.63) is 36.2 Å². The zero-order valence-electron chi connectivity index (χ0n) is 14.1. The molecule has 130 valence electrons. The summed E-state index contributed by atoms with van der Waals surface area (Å²) in [6.45, 7) is 4.06. The number of carbonyl (C=O) groups is 1. The van der Waals surface area contributed by atoms with Crippen molar-refractivity contribution in [2.24, 2.45) is 0 Å². The van der Waals surface area contributed by atoms with Gasteiger partial charge in [0.1, 0.15) is 16.6 Å². The molecule has 0 saturated carbocycles. The van der Waals surface area contributed by atoms with Crippen LogP contribution in [0.1, 0.15) is 31.7 Å². The zero-order chi connectivity index (χ0) is 17.8. The molecule has 7 nitrogen and oxygen atoms in total. The maximum absolute atomic E-state index is 11.5. The van der Waals surface area contributed by atoms with Gasteiger partial charge in [0.25, 0.3) is 0 Å². The van der Waals surface area contributed by atoms with Crippen LogP contribution in [0.25, 0.3) is 16.9 Å². The van der Waals surface area contributed by atoms with E-state index in [-0.39, 0.29) is 0 Å². The van der Waals surface area contributed by atoms with E-state index in [9.17, 15) is 9.90 Å². The number of rotatable bonds is 7. The lowest BCUT2D eigenvalue weighted by molar-refractivity contribution is -0.136. The maximum atomic E-state index is 11.5. The molecule has 25 heavy (non-hydrogen) atoms. The first-order valence-corrected chi connectivity index (χ1v) is 9.01. The lowest BCUT2D eigenvalue weighted by Gasteiger charge is -2.10. The molecule has 0 unspecified atom stereocenters. The Morgan fingerprint density at radius 2 is 2.04 bits per heavy atom. The van der Waals surface area contributed by atoms with E-state index in [1.54, 1.807) is 4.68 Å². The number of aromatic nitrogens is 5. The van der Waals surface area contributed by atoms with Crippen molar-refractivity contribution in [3.8, 4) is 5.69 Å². The van der Waals surface area contributed by atoms with Crippen LogP contribution in [0, 0.1) is 6.92 Å². The number of aliphatic carboxylic acids is 1. The number of hydrogen-bond acceptors (Lipinski definition) is 6. The molecule has 2 heterocycles. The van der Waals surface area contributed by atoms with Gasteiger partial charge in [-0.3, -0.25) is 4.79 Å². The van der Waals surface area contributed by atoms with Crippen LogP contribution in [0.4, 0.5) is 0 Å². The van der Waals surface area contributed by atoms with Crippen molar-refractivity contribution in [1.82, 2.24) is 25.0 Å². The van der Waals surface area contributed by atoms with Gasteiger partial charge in [0.2, 0.25) is 0 Å². The van der Waals surface area contributed by atoms with Crippen LogP contribution in [0.3, 0.4) is 0 Å². The van der Waals surface area contributed by atoms with E-state index in [1.807, 2.05) is 38.1 Å². The number of carboxylic acids is 1. The first-order chi connectivity index (χ1) is 12.1. The van der Waals surface area contributed by atoms with Crippen LogP contribution in [0.2, 0.25) is 0 Å². The fraction of sp³-hybridized carbons (Fsp3) is 0.353. The van der Waals surface area contributed by atoms with Crippen molar-refractivity contribution < 1.29 is 9.90 Å². The average Bonchev–Trinajstić information content (AvgIpc) is 3.04. The van der Waals surface area contributed by atoms with Gasteiger partial charge in [0.05, 0.1) is 5.69 Å². The first-order valence-electron chi connectivity index (χ1n) is 8.13. The molecule has 0 aliphatic rings. The van der Waals surface area contributed by atoms with Crippen LogP contribution in [-0.2, 0) is 4.79 Å². The van der Waals surface area contributed by atoms with Gasteiger partial charge in [0.15, 0.2) is 11.2 Å². The van der Waals surface area contributed by atoms with Crippen LogP contribution in [0.15, 0.2) is 35.6 Å². The minimum absolute atomic E-state index is 0.524. The third-order valence-corrected chi connectivity index (χ3v) is 5.08. The van der Waals surface area contributed by atoms with Crippen molar-refractivity contribution in [2.75, 3.05) is 0 Å². The number of thioether (sulfide) groups is 1. The Morgan fingerprint density at radius 3 is 2.72 bits per heavy atom. The topological polar surface area (TPSA) is 93.8 Å². The van der Waals surface area contributed by atoms with Crippen LogP contribution in [0.5, 0.6) is 0 Å². The van der Waals surface area contributed by atoms with Gasteiger partial charge in [-0.15, -0.1) is 5.10 Å². The van der Waals surface area contributed by atoms with Gasteiger partial charge in [-0.25, -0.2) is 9.97 Å². The zero-order valence-corrected chi connectivity index (χ0v) is 14.9. The van der Waals surface area contributed by atoms with Gasteiger partial charge in [0, 0.05) is 0 Å². The Kier molecular flexibility index (Phi) is 5.28. The fourth-order valence-corrected chi connectivity index (χ4v) is 3.44. The molecular weight excluding hydrogens is 338 g/mol. The van der Waals surface area contributed by atoms with Crippen molar-refractivity contribution in [1.29, 1.82) is 0 Å². The molecule has 1 N–H and O–H groups in total. The molecule has 0 aliphatic carbocycles. The number of fused-ring (bicyclic) bond motifs is 1. The Balaban J connectivity index is 1.95. The Morgan fingerprint density at radius 1 is 1.28 bits per heavy atom. The van der Waals surface area contributed by atoms with E-state index in [0.29, 0.717) is 22.6 Å². The fourth-order valence-electron chi connectivity index (χ4n) is 2.43. The minimum atomic E-state index is -0.837. The van der Waals surface area contributed by atoms with Crippen LogP contribution < -0.4 is 0 Å². The molecule has 0 radical (unpaired) electrons. The van der Waals surface area contributed by atoms with E-state index in [1.165, 1.54) is 18.1 Å². The van der Waals surface area contributed by atoms with Crippen molar-refractivity contribution >= 4 is 28.9 Å². The number of carboxylic acid groups (broad SMARTS) is 1. The molecule has 0 saturated heterocycles. The molecule has 0 spiro atoms. The second kappa shape index (κ2) is 7.60. The molecule has 3 aromatic rings. The third kappa shape index (κ3) is 3.79. The Hall–Kier alpha value is -2.48. The summed E-state index contributed by atoms with van der Waals surface area (Å²) in [4.78, 5) is 20.0. The summed E-state index contributed by atoms with van der Waals surface area (Å²) < 4.78 is 1.64. The summed E-state index contributed by atoms with van der Waals surface area (Å²) in [5.41, 5.74) is 3.10. The maximum Gasteiger partial charge on any atom is 0.317 e. The van der Waals surface area contributed by atoms with Gasteiger partial charge in [-0.05, 0) is 25.5 Å². The van der Waals surface area contributed by atoms with E-state index in [0.717, 1.165) is 24.1 Å². The molecular formula is C17H19N5O2S. The van der Waals surface area contributed by atoms with Gasteiger partial charge in [-0.2, -0.15) is 4.68 Å². The van der Waals surface area contributed by atoms with Gasteiger partial charge in [-0.1, -0.05) is 54.4 Å². The summed E-state index contributed by atoms with van der Waals surface area (Å²) in [5, 5.41) is 17.8. The minimum Gasteiger partial charge on any atom is -0.480 e. The molecule has 0 fully saturated rings. The highest BCUT2D eigenvalue weighted by Gasteiger charge is 2.22. The second-order valence-corrected chi connectivity index (χ2v) is 6.97. The summed E-state index contributed by atoms with van der Waals surface area (Å²) in [6.07, 6.45) is 3.83. The highest BCUT2D eigenvalue weighted by Crippen LogP contribution is 2.30. The van der Waals surface area contributed by atoms with Gasteiger partial charge < -0.3 is 5.11 Å². The SMILES string of the molecule is CCCC[C@H](Sc1ncnc2c1nnn2-c1ccc(C)cc1)C(=O)O. The first kappa shape index (κ1) is 17.3. The molecule has 3 rings (SSSR count). The molecule has 0 amide bonds. The molecule has 1 aromatic carbocycles. The summed E-state index contributed by atoms with van der Waals surface area (Å²) >= 11 is 1.21. The van der Waals surface area contributed by atoms with Crippen molar-refractivity contribution in [3.63, 3.8) is 0 Å². The summed E-state index contributed by atoms with van der Waals surface area (Å²) in [5.74, 6) is -0.837. The number of benzene rings is 1. The van der Waals surface area contributed by atoms with E-state index in [4.69, 9.17) is 0 Å². The van der Waals surface area contributed by atoms with E-state index < -0.39 is 11.2 Å². The average molecular weight is 357 g/mol. The smallest absolute Gasteiger partial charge is 0.317 e. The van der Waals surface area contributed by atoms with E-state index >= 15 is 0 Å². The standard InChI is InChI=1S/C17H19N5O2S/c1-3-4-5-13(17(23)24)25-16-14-15(18-10-19-16)22(21-20-14)12-8-6-11(2)7-9-12/h6-10,13H,3-5H2,1-2H3,(H,23,24)/t13-/m0/s1. The van der Waals surface area contributed by atoms with E-state index in [2.05, 4.69) is 20.3 Å². The lowest BCUT2D eigenvalue weighted by Crippen LogP contribution is -2.16. The molecule has 8 heteroatoms. The number of nitrogens with zero attached hydrogens (tertiary/aromatic N) is 5. The highest BCUT2D eigenvalue weighted by molar-refractivity contribution is 8.00. The number of hydrogen-bond donors (Lipinski definition) is 1. The second-order valence-electron chi connectivity index (χ2n) is 5.77. The summed E-state index contributed by atoms with van der Waals surface area (Å²) in [7, 11) is 0. The third-order valence-electron chi connectivity index (χ3n) is 3.83. The largest absolute Gasteiger partial charge is 0.480 e. The monoisotopic (exact) mass is 357 g/mol. The molecule has 0 bridgehead atoms. The lowest BCUT2D eigenvalue weighted by atomic mass is 10.2. The molecule has 0 aliphatic heterocycles. The quantitative estimate of drug-likeness (QED) is 0.512. The number of aryl methyl sites for hydroxylation is 1. The van der Waals surface area contributed by atoms with Crippen LogP contribution in [-0.4, -0.2) is 41.3 Å². The Labute approximate surface area is 149 Å². The Bertz CT molecular complexity index is 878. The molecule has 2 aromatic heterocycles. The van der Waals surface area contributed by atoms with Crippen molar-refractivity contribution in [2.45, 2.75) is 43.4 Å². The van der Waals surface area contributed by atoms with Crippen LogP contribution >= 0.6 is 11.8 Å².